The Labute approximate surface area is 176 Å². The molecule has 0 bridgehead atoms. The van der Waals surface area contributed by atoms with Crippen molar-refractivity contribution in [3.8, 4) is 11.1 Å². The number of piperazine rings is 1. The van der Waals surface area contributed by atoms with Crippen molar-refractivity contribution in [3.05, 3.63) is 54.4 Å². The van der Waals surface area contributed by atoms with Gasteiger partial charge in [0, 0.05) is 69.1 Å². The molecule has 6 nitrogen and oxygen atoms in total. The molecule has 1 aromatic carbocycles. The molecular formula is C24H27N5O. The first-order chi connectivity index (χ1) is 14.8. The molecular weight excluding hydrogens is 374 g/mol. The van der Waals surface area contributed by atoms with E-state index < -0.39 is 0 Å². The third-order valence-corrected chi connectivity index (χ3v) is 6.84. The van der Waals surface area contributed by atoms with Gasteiger partial charge in [-0.1, -0.05) is 24.3 Å². The van der Waals surface area contributed by atoms with Crippen molar-refractivity contribution in [1.29, 1.82) is 0 Å². The summed E-state index contributed by atoms with van der Waals surface area (Å²) in [6.45, 7) is 5.56. The van der Waals surface area contributed by atoms with E-state index in [4.69, 9.17) is 0 Å². The molecule has 1 saturated carbocycles. The third-order valence-electron chi connectivity index (χ3n) is 6.84. The Bertz CT molecular complexity index is 1070. The average Bonchev–Trinajstić information content (AvgIpc) is 3.50. The lowest BCUT2D eigenvalue weighted by molar-refractivity contribution is -0.132. The average molecular weight is 402 g/mol. The van der Waals surface area contributed by atoms with Gasteiger partial charge < -0.3 is 15.1 Å². The summed E-state index contributed by atoms with van der Waals surface area (Å²) in [4.78, 5) is 16.8. The molecule has 2 aliphatic heterocycles. The Kier molecular flexibility index (Phi) is 4.27. The Morgan fingerprint density at radius 3 is 2.40 bits per heavy atom. The van der Waals surface area contributed by atoms with Gasteiger partial charge in [-0.25, -0.2) is 4.52 Å². The van der Waals surface area contributed by atoms with E-state index in [0.29, 0.717) is 17.7 Å². The largest absolute Gasteiger partial charge is 0.366 e. The highest BCUT2D eigenvalue weighted by Crippen LogP contribution is 2.33. The molecule has 1 amide bonds. The quantitative estimate of drug-likeness (QED) is 0.730. The van der Waals surface area contributed by atoms with Gasteiger partial charge in [-0.15, -0.1) is 0 Å². The molecule has 3 aromatic rings. The first-order valence-corrected chi connectivity index (χ1v) is 11.1. The Hall–Kier alpha value is -2.86. The molecule has 2 saturated heterocycles. The molecule has 0 atom stereocenters. The molecule has 6 rings (SSSR count). The number of carbonyl (C=O) groups is 1. The first-order valence-electron chi connectivity index (χ1n) is 11.1. The zero-order valence-electron chi connectivity index (χ0n) is 17.1. The van der Waals surface area contributed by atoms with Crippen LogP contribution in [0.15, 0.2) is 48.8 Å². The molecule has 154 valence electrons. The number of hydrogen-bond donors (Lipinski definition) is 1. The minimum absolute atomic E-state index is 0.310. The standard InChI is InChI=1S/C24H27N5O/c30-24(19-5-6-19)28-11-9-27(10-12-28)22-7-8-26-29-16-20(13-23(22)29)17-1-3-18(4-2-17)21-14-25-15-21/h1-4,7-8,13,16,19,21,25H,5-6,9-12,14-15H2. The summed E-state index contributed by atoms with van der Waals surface area (Å²) in [6.07, 6.45) is 6.15. The normalized spacial score (nSPS) is 19.9. The van der Waals surface area contributed by atoms with Crippen molar-refractivity contribution in [3.63, 3.8) is 0 Å². The Balaban J connectivity index is 1.23. The molecule has 3 aliphatic rings. The van der Waals surface area contributed by atoms with Crippen molar-refractivity contribution >= 4 is 17.1 Å². The molecule has 4 heterocycles. The SMILES string of the molecule is O=C(C1CC1)N1CCN(c2ccnn3cc(-c4ccc(C5CNC5)cc4)cc23)CC1. The number of nitrogens with one attached hydrogen (secondary N) is 1. The van der Waals surface area contributed by atoms with E-state index in [9.17, 15) is 4.79 Å². The van der Waals surface area contributed by atoms with Gasteiger partial charge in [0.1, 0.15) is 0 Å². The zero-order valence-corrected chi connectivity index (χ0v) is 17.1. The lowest BCUT2D eigenvalue weighted by Crippen LogP contribution is -2.49. The lowest BCUT2D eigenvalue weighted by atomic mass is 9.92. The molecule has 1 aliphatic carbocycles. The van der Waals surface area contributed by atoms with Crippen molar-refractivity contribution in [2.45, 2.75) is 18.8 Å². The van der Waals surface area contributed by atoms with Gasteiger partial charge in [-0.05, 0) is 36.1 Å². The first kappa shape index (κ1) is 18.0. The Morgan fingerprint density at radius 1 is 0.967 bits per heavy atom. The zero-order chi connectivity index (χ0) is 20.1. The third kappa shape index (κ3) is 3.16. The van der Waals surface area contributed by atoms with Crippen molar-refractivity contribution in [1.82, 2.24) is 19.8 Å². The number of nitrogens with zero attached hydrogens (tertiary/aromatic N) is 4. The maximum atomic E-state index is 12.4. The molecule has 3 fully saturated rings. The number of fused-ring (bicyclic) bond motifs is 1. The summed E-state index contributed by atoms with van der Waals surface area (Å²) in [5.41, 5.74) is 6.16. The summed E-state index contributed by atoms with van der Waals surface area (Å²) in [6, 6.07) is 13.3. The highest BCUT2D eigenvalue weighted by molar-refractivity contribution is 5.82. The maximum absolute atomic E-state index is 12.4. The van der Waals surface area contributed by atoms with Crippen LogP contribution in [0.3, 0.4) is 0 Å². The predicted molar refractivity (Wildman–Crippen MR) is 118 cm³/mol. The van der Waals surface area contributed by atoms with E-state index in [0.717, 1.165) is 57.6 Å². The van der Waals surface area contributed by atoms with Gasteiger partial charge in [0.25, 0.3) is 0 Å². The second-order valence-corrected chi connectivity index (χ2v) is 8.84. The van der Waals surface area contributed by atoms with Gasteiger partial charge in [0.2, 0.25) is 5.91 Å². The molecule has 0 spiro atoms. The summed E-state index contributed by atoms with van der Waals surface area (Å²) >= 11 is 0. The highest BCUT2D eigenvalue weighted by Gasteiger charge is 2.34. The van der Waals surface area contributed by atoms with Crippen LogP contribution >= 0.6 is 0 Å². The summed E-state index contributed by atoms with van der Waals surface area (Å²) in [5.74, 6) is 1.33. The van der Waals surface area contributed by atoms with Gasteiger partial charge in [0.15, 0.2) is 0 Å². The van der Waals surface area contributed by atoms with Crippen LogP contribution in [-0.2, 0) is 4.79 Å². The monoisotopic (exact) mass is 401 g/mol. The molecule has 6 heteroatoms. The predicted octanol–water partition coefficient (Wildman–Crippen LogP) is 2.75. The fraction of sp³-hybridized carbons (Fsp3) is 0.417. The number of anilines is 1. The topological polar surface area (TPSA) is 52.9 Å². The van der Waals surface area contributed by atoms with Gasteiger partial charge in [-0.2, -0.15) is 5.10 Å². The van der Waals surface area contributed by atoms with Crippen molar-refractivity contribution < 1.29 is 4.79 Å². The van der Waals surface area contributed by atoms with Crippen LogP contribution in [0.1, 0.15) is 24.3 Å². The molecule has 2 aromatic heterocycles. The van der Waals surface area contributed by atoms with E-state index in [2.05, 4.69) is 62.8 Å². The second kappa shape index (κ2) is 7.13. The highest BCUT2D eigenvalue weighted by atomic mass is 16.2. The van der Waals surface area contributed by atoms with Crippen molar-refractivity contribution in [2.24, 2.45) is 5.92 Å². The number of carbonyl (C=O) groups excluding carboxylic acids is 1. The van der Waals surface area contributed by atoms with Crippen LogP contribution in [0.2, 0.25) is 0 Å². The number of benzene rings is 1. The van der Waals surface area contributed by atoms with Crippen LogP contribution < -0.4 is 10.2 Å². The minimum Gasteiger partial charge on any atom is -0.366 e. The molecule has 1 N–H and O–H groups in total. The maximum Gasteiger partial charge on any atom is 0.225 e. The minimum atomic E-state index is 0.310. The van der Waals surface area contributed by atoms with E-state index in [1.54, 1.807) is 0 Å². The molecule has 0 radical (unpaired) electrons. The number of aromatic nitrogens is 2. The number of amides is 1. The Morgan fingerprint density at radius 2 is 1.73 bits per heavy atom. The van der Waals surface area contributed by atoms with Crippen LogP contribution in [0.4, 0.5) is 5.69 Å². The summed E-state index contributed by atoms with van der Waals surface area (Å²) in [5, 5.41) is 7.88. The number of rotatable bonds is 4. The van der Waals surface area contributed by atoms with Crippen molar-refractivity contribution in [2.75, 3.05) is 44.2 Å². The van der Waals surface area contributed by atoms with E-state index in [1.807, 2.05) is 10.7 Å². The summed E-state index contributed by atoms with van der Waals surface area (Å²) in [7, 11) is 0. The van der Waals surface area contributed by atoms with Crippen LogP contribution in [-0.4, -0.2) is 59.7 Å². The van der Waals surface area contributed by atoms with Crippen LogP contribution in [0.5, 0.6) is 0 Å². The smallest absolute Gasteiger partial charge is 0.225 e. The second-order valence-electron chi connectivity index (χ2n) is 8.84. The van der Waals surface area contributed by atoms with Gasteiger partial charge in [-0.3, -0.25) is 4.79 Å². The van der Waals surface area contributed by atoms with E-state index in [-0.39, 0.29) is 0 Å². The summed E-state index contributed by atoms with van der Waals surface area (Å²) < 4.78 is 1.98. The molecule has 30 heavy (non-hydrogen) atoms. The van der Waals surface area contributed by atoms with Crippen LogP contribution in [0, 0.1) is 5.92 Å². The molecule has 0 unspecified atom stereocenters. The van der Waals surface area contributed by atoms with E-state index >= 15 is 0 Å². The van der Waals surface area contributed by atoms with E-state index in [1.165, 1.54) is 22.4 Å². The van der Waals surface area contributed by atoms with Crippen LogP contribution in [0.25, 0.3) is 16.6 Å². The lowest BCUT2D eigenvalue weighted by Gasteiger charge is -2.36. The fourth-order valence-corrected chi connectivity index (χ4v) is 4.65. The van der Waals surface area contributed by atoms with Gasteiger partial charge >= 0.3 is 0 Å². The van der Waals surface area contributed by atoms with Gasteiger partial charge in [0.05, 0.1) is 11.2 Å². The fourth-order valence-electron chi connectivity index (χ4n) is 4.65. The number of hydrogen-bond acceptors (Lipinski definition) is 4.